The Balaban J connectivity index is 2.36. The van der Waals surface area contributed by atoms with Crippen LogP contribution in [0.2, 0.25) is 0 Å². The maximum Gasteiger partial charge on any atom is 0.159 e. The first kappa shape index (κ1) is 8.75. The summed E-state index contributed by atoms with van der Waals surface area (Å²) in [7, 11) is 0. The number of rotatable bonds is 2. The predicted octanol–water partition coefficient (Wildman–Crippen LogP) is 2.68. The molecule has 0 saturated carbocycles. The fraction of sp³-hybridized carbons (Fsp3) is 0.0833. The minimum absolute atomic E-state index is 0.101. The number of carbonyl (C=O) groups excluding carboxylic acids is 1. The number of Topliss-reactive ketones (excluding diaryl/α,β-unsaturated/α-hetero) is 1. The lowest BCUT2D eigenvalue weighted by Crippen LogP contribution is -1.94. The average Bonchev–Trinajstić information content (AvgIpc) is 2.71. The molecule has 14 heavy (non-hydrogen) atoms. The Bertz CT molecular complexity index is 426. The Morgan fingerprint density at radius 3 is 2.14 bits per heavy atom. The minimum Gasteiger partial charge on any atom is -0.324 e. The molecule has 0 radical (unpaired) electrons. The van der Waals surface area contributed by atoms with E-state index in [1.807, 2.05) is 53.4 Å². The number of ketones is 1. The molecule has 0 unspecified atom stereocenters. The van der Waals surface area contributed by atoms with Gasteiger partial charge in [0.2, 0.25) is 0 Å². The Hall–Kier alpha value is -1.83. The second-order valence-corrected chi connectivity index (χ2v) is 3.19. The molecular weight excluding hydrogens is 174 g/mol. The van der Waals surface area contributed by atoms with Crippen LogP contribution >= 0.6 is 0 Å². The number of nitrogens with zero attached hydrogens (tertiary/aromatic N) is 1. The van der Waals surface area contributed by atoms with Crippen LogP contribution in [-0.2, 0) is 0 Å². The van der Waals surface area contributed by atoms with Gasteiger partial charge in [-0.1, -0.05) is 0 Å². The molecule has 0 saturated heterocycles. The molecule has 0 aliphatic heterocycles. The number of hydrogen-bond donors (Lipinski definition) is 0. The van der Waals surface area contributed by atoms with Crippen LogP contribution in [0.3, 0.4) is 0 Å². The summed E-state index contributed by atoms with van der Waals surface area (Å²) in [5.41, 5.74) is 1.82. The standard InChI is InChI=1S/C12H11NO/c1-10(14)11-4-6-12(7-5-11)13-8-2-3-9-13/h2-9H,1H3. The smallest absolute Gasteiger partial charge is 0.159 e. The lowest BCUT2D eigenvalue weighted by Gasteiger charge is -2.02. The SMILES string of the molecule is CC(=O)c1ccc(-n2cccc2)cc1. The molecule has 1 aromatic carbocycles. The van der Waals surface area contributed by atoms with Crippen molar-refractivity contribution in [1.29, 1.82) is 0 Å². The molecule has 0 bridgehead atoms. The molecule has 0 N–H and O–H groups in total. The molecule has 70 valence electrons. The van der Waals surface area contributed by atoms with Crippen LogP contribution in [0.25, 0.3) is 5.69 Å². The van der Waals surface area contributed by atoms with Crippen LogP contribution in [0.4, 0.5) is 0 Å². The van der Waals surface area contributed by atoms with Gasteiger partial charge in [0, 0.05) is 23.6 Å². The van der Waals surface area contributed by atoms with Crippen molar-refractivity contribution in [3.05, 3.63) is 54.4 Å². The maximum absolute atomic E-state index is 11.0. The lowest BCUT2D eigenvalue weighted by atomic mass is 10.1. The first-order valence-electron chi connectivity index (χ1n) is 4.52. The Kier molecular flexibility index (Phi) is 2.19. The molecule has 0 aliphatic carbocycles. The number of carbonyl (C=O) groups is 1. The van der Waals surface area contributed by atoms with E-state index in [0.717, 1.165) is 11.3 Å². The van der Waals surface area contributed by atoms with Crippen molar-refractivity contribution in [2.24, 2.45) is 0 Å². The van der Waals surface area contributed by atoms with E-state index in [1.165, 1.54) is 0 Å². The summed E-state index contributed by atoms with van der Waals surface area (Å²) in [6.07, 6.45) is 3.95. The van der Waals surface area contributed by atoms with E-state index in [-0.39, 0.29) is 5.78 Å². The highest BCUT2D eigenvalue weighted by atomic mass is 16.1. The third-order valence-corrected chi connectivity index (χ3v) is 2.18. The van der Waals surface area contributed by atoms with Gasteiger partial charge in [0.05, 0.1) is 0 Å². The van der Waals surface area contributed by atoms with Crippen LogP contribution in [0.5, 0.6) is 0 Å². The molecule has 2 rings (SSSR count). The van der Waals surface area contributed by atoms with Crippen LogP contribution < -0.4 is 0 Å². The highest BCUT2D eigenvalue weighted by molar-refractivity contribution is 5.94. The summed E-state index contributed by atoms with van der Waals surface area (Å²) >= 11 is 0. The van der Waals surface area contributed by atoms with E-state index in [9.17, 15) is 4.79 Å². The average molecular weight is 185 g/mol. The van der Waals surface area contributed by atoms with Gasteiger partial charge >= 0.3 is 0 Å². The zero-order chi connectivity index (χ0) is 9.97. The van der Waals surface area contributed by atoms with Crippen LogP contribution in [0.15, 0.2) is 48.8 Å². The number of benzene rings is 1. The van der Waals surface area contributed by atoms with Crippen molar-refractivity contribution in [1.82, 2.24) is 4.57 Å². The van der Waals surface area contributed by atoms with E-state index in [0.29, 0.717) is 0 Å². The highest BCUT2D eigenvalue weighted by Gasteiger charge is 1.98. The molecule has 0 fully saturated rings. The van der Waals surface area contributed by atoms with E-state index in [1.54, 1.807) is 6.92 Å². The van der Waals surface area contributed by atoms with Gasteiger partial charge in [-0.25, -0.2) is 0 Å². The zero-order valence-corrected chi connectivity index (χ0v) is 7.97. The van der Waals surface area contributed by atoms with Gasteiger partial charge in [-0.2, -0.15) is 0 Å². The summed E-state index contributed by atoms with van der Waals surface area (Å²) in [4.78, 5) is 11.0. The van der Waals surface area contributed by atoms with Crippen molar-refractivity contribution in [3.8, 4) is 5.69 Å². The van der Waals surface area contributed by atoms with Gasteiger partial charge in [0.15, 0.2) is 5.78 Å². The van der Waals surface area contributed by atoms with E-state index in [2.05, 4.69) is 0 Å². The van der Waals surface area contributed by atoms with Gasteiger partial charge in [-0.15, -0.1) is 0 Å². The number of hydrogen-bond acceptors (Lipinski definition) is 1. The molecule has 1 aromatic heterocycles. The second-order valence-electron chi connectivity index (χ2n) is 3.19. The van der Waals surface area contributed by atoms with Crippen molar-refractivity contribution < 1.29 is 4.79 Å². The monoisotopic (exact) mass is 185 g/mol. The Morgan fingerprint density at radius 2 is 1.64 bits per heavy atom. The lowest BCUT2D eigenvalue weighted by molar-refractivity contribution is 0.101. The summed E-state index contributed by atoms with van der Waals surface area (Å²) < 4.78 is 2.00. The van der Waals surface area contributed by atoms with E-state index < -0.39 is 0 Å². The predicted molar refractivity (Wildman–Crippen MR) is 55.8 cm³/mol. The molecular formula is C12H11NO. The van der Waals surface area contributed by atoms with Crippen molar-refractivity contribution >= 4 is 5.78 Å². The largest absolute Gasteiger partial charge is 0.324 e. The molecule has 0 aliphatic rings. The maximum atomic E-state index is 11.0. The second kappa shape index (κ2) is 3.50. The fourth-order valence-corrected chi connectivity index (χ4v) is 1.37. The van der Waals surface area contributed by atoms with Crippen LogP contribution in [-0.4, -0.2) is 10.4 Å². The van der Waals surface area contributed by atoms with Crippen LogP contribution in [0, 0.1) is 0 Å². The highest BCUT2D eigenvalue weighted by Crippen LogP contribution is 2.10. The van der Waals surface area contributed by atoms with Gasteiger partial charge in [0.1, 0.15) is 0 Å². The zero-order valence-electron chi connectivity index (χ0n) is 7.97. The van der Waals surface area contributed by atoms with Crippen molar-refractivity contribution in [3.63, 3.8) is 0 Å². The first-order valence-corrected chi connectivity index (χ1v) is 4.52. The minimum atomic E-state index is 0.101. The molecule has 0 spiro atoms. The van der Waals surface area contributed by atoms with Gasteiger partial charge < -0.3 is 4.57 Å². The third kappa shape index (κ3) is 1.59. The first-order chi connectivity index (χ1) is 6.77. The Morgan fingerprint density at radius 1 is 1.07 bits per heavy atom. The molecule has 2 heteroatoms. The summed E-state index contributed by atoms with van der Waals surface area (Å²) in [5.74, 6) is 0.101. The van der Waals surface area contributed by atoms with Gasteiger partial charge in [-0.3, -0.25) is 4.79 Å². The molecule has 2 aromatic rings. The quantitative estimate of drug-likeness (QED) is 0.659. The number of aromatic nitrogens is 1. The summed E-state index contributed by atoms with van der Waals surface area (Å²) in [6, 6.07) is 11.5. The van der Waals surface area contributed by atoms with Gasteiger partial charge in [0.25, 0.3) is 0 Å². The molecule has 0 amide bonds. The third-order valence-electron chi connectivity index (χ3n) is 2.18. The van der Waals surface area contributed by atoms with Crippen molar-refractivity contribution in [2.75, 3.05) is 0 Å². The van der Waals surface area contributed by atoms with Crippen molar-refractivity contribution in [2.45, 2.75) is 6.92 Å². The molecule has 1 heterocycles. The van der Waals surface area contributed by atoms with E-state index in [4.69, 9.17) is 0 Å². The summed E-state index contributed by atoms with van der Waals surface area (Å²) in [5, 5.41) is 0. The van der Waals surface area contributed by atoms with E-state index >= 15 is 0 Å². The van der Waals surface area contributed by atoms with Crippen LogP contribution in [0.1, 0.15) is 17.3 Å². The topological polar surface area (TPSA) is 22.0 Å². The molecule has 2 nitrogen and oxygen atoms in total. The van der Waals surface area contributed by atoms with Gasteiger partial charge in [-0.05, 0) is 43.3 Å². The Labute approximate surface area is 82.8 Å². The molecule has 0 atom stereocenters. The normalized spacial score (nSPS) is 10.1. The summed E-state index contributed by atoms with van der Waals surface area (Å²) in [6.45, 7) is 1.57. The fourth-order valence-electron chi connectivity index (χ4n) is 1.37.